The van der Waals surface area contributed by atoms with E-state index in [-0.39, 0.29) is 18.2 Å². The fraction of sp³-hybridized carbons (Fsp3) is 0.0909. The molecule has 0 bridgehead atoms. The summed E-state index contributed by atoms with van der Waals surface area (Å²) < 4.78 is 5.66. The van der Waals surface area contributed by atoms with Crippen LogP contribution < -0.4 is 20.7 Å². The maximum absolute atomic E-state index is 12.3. The average molecular weight is 373 g/mol. The molecule has 4 rings (SSSR count). The van der Waals surface area contributed by atoms with Gasteiger partial charge in [-0.05, 0) is 48.5 Å². The molecule has 0 fully saturated rings. The van der Waals surface area contributed by atoms with Crippen LogP contribution in [0.2, 0.25) is 0 Å². The van der Waals surface area contributed by atoms with Crippen molar-refractivity contribution in [3.63, 3.8) is 0 Å². The minimum absolute atomic E-state index is 0.0653. The molecule has 2 amide bonds. The molecule has 3 aromatic rings. The van der Waals surface area contributed by atoms with E-state index in [1.807, 2.05) is 54.6 Å². The van der Waals surface area contributed by atoms with Crippen LogP contribution in [0.5, 0.6) is 5.75 Å². The van der Waals surface area contributed by atoms with Crippen LogP contribution in [0.3, 0.4) is 0 Å². The number of carbonyl (C=O) groups is 2. The molecule has 3 aromatic carbocycles. The van der Waals surface area contributed by atoms with Gasteiger partial charge in [0.15, 0.2) is 6.10 Å². The van der Waals surface area contributed by atoms with E-state index >= 15 is 0 Å². The number of para-hydroxylation sites is 3. The van der Waals surface area contributed by atoms with Crippen molar-refractivity contribution in [3.05, 3.63) is 78.9 Å². The summed E-state index contributed by atoms with van der Waals surface area (Å²) in [6.07, 6.45) is -0.918. The summed E-state index contributed by atoms with van der Waals surface area (Å²) in [6, 6.07) is 24.3. The first-order chi connectivity index (χ1) is 13.7. The SMILES string of the molecule is O=C(C[C@H]1Oc2ccccc2NC1=O)Nc1ccc(Nc2ccccc2)cc1. The molecular weight excluding hydrogens is 354 g/mol. The van der Waals surface area contributed by atoms with Crippen molar-refractivity contribution in [2.24, 2.45) is 0 Å². The third-order valence-electron chi connectivity index (χ3n) is 4.31. The van der Waals surface area contributed by atoms with Crippen molar-refractivity contribution < 1.29 is 14.3 Å². The Balaban J connectivity index is 1.34. The number of nitrogens with one attached hydrogen (secondary N) is 3. The number of hydrogen-bond donors (Lipinski definition) is 3. The molecular formula is C22H19N3O3. The van der Waals surface area contributed by atoms with E-state index in [9.17, 15) is 9.59 Å². The third kappa shape index (κ3) is 4.12. The van der Waals surface area contributed by atoms with Crippen LogP contribution in [0.15, 0.2) is 78.9 Å². The second-order valence-electron chi connectivity index (χ2n) is 6.41. The molecule has 0 unspecified atom stereocenters. The largest absolute Gasteiger partial charge is 0.478 e. The normalized spacial score (nSPS) is 15.0. The van der Waals surface area contributed by atoms with E-state index in [1.165, 1.54) is 0 Å². The van der Waals surface area contributed by atoms with Crippen LogP contribution in [-0.2, 0) is 9.59 Å². The maximum atomic E-state index is 12.3. The van der Waals surface area contributed by atoms with E-state index in [0.717, 1.165) is 11.4 Å². The Kier molecular flexibility index (Phi) is 4.93. The van der Waals surface area contributed by atoms with Gasteiger partial charge in [0.25, 0.3) is 5.91 Å². The van der Waals surface area contributed by atoms with Crippen molar-refractivity contribution in [3.8, 4) is 5.75 Å². The molecule has 6 heteroatoms. The lowest BCUT2D eigenvalue weighted by atomic mass is 10.1. The quantitative estimate of drug-likeness (QED) is 0.627. The van der Waals surface area contributed by atoms with Gasteiger partial charge >= 0.3 is 0 Å². The second-order valence-corrected chi connectivity index (χ2v) is 6.41. The van der Waals surface area contributed by atoms with Crippen LogP contribution in [-0.4, -0.2) is 17.9 Å². The first kappa shape index (κ1) is 17.6. The second kappa shape index (κ2) is 7.84. The van der Waals surface area contributed by atoms with Gasteiger partial charge in [0, 0.05) is 17.1 Å². The molecule has 140 valence electrons. The number of fused-ring (bicyclic) bond motifs is 1. The van der Waals surface area contributed by atoms with Gasteiger partial charge in [-0.1, -0.05) is 30.3 Å². The lowest BCUT2D eigenvalue weighted by Crippen LogP contribution is -2.39. The minimum atomic E-state index is -0.853. The summed E-state index contributed by atoms with van der Waals surface area (Å²) in [5, 5.41) is 8.84. The summed E-state index contributed by atoms with van der Waals surface area (Å²) in [7, 11) is 0. The number of carbonyl (C=O) groups excluding carboxylic acids is 2. The number of rotatable bonds is 5. The molecule has 1 aliphatic heterocycles. The van der Waals surface area contributed by atoms with Crippen LogP contribution in [0, 0.1) is 0 Å². The monoisotopic (exact) mass is 373 g/mol. The van der Waals surface area contributed by atoms with E-state index < -0.39 is 6.10 Å². The Bertz CT molecular complexity index is 987. The van der Waals surface area contributed by atoms with Crippen LogP contribution in [0.25, 0.3) is 0 Å². The van der Waals surface area contributed by atoms with Gasteiger partial charge in [0.05, 0.1) is 12.1 Å². The summed E-state index contributed by atoms with van der Waals surface area (Å²) in [6.45, 7) is 0. The predicted octanol–water partition coefficient (Wildman–Crippen LogP) is 4.16. The highest BCUT2D eigenvalue weighted by atomic mass is 16.5. The van der Waals surface area contributed by atoms with Crippen LogP contribution in [0.1, 0.15) is 6.42 Å². The van der Waals surface area contributed by atoms with Crippen molar-refractivity contribution in [2.75, 3.05) is 16.0 Å². The zero-order chi connectivity index (χ0) is 19.3. The molecule has 3 N–H and O–H groups in total. The van der Waals surface area contributed by atoms with Gasteiger partial charge in [-0.2, -0.15) is 0 Å². The highest BCUT2D eigenvalue weighted by molar-refractivity contribution is 6.02. The fourth-order valence-corrected chi connectivity index (χ4v) is 2.93. The zero-order valence-electron chi connectivity index (χ0n) is 15.0. The maximum Gasteiger partial charge on any atom is 0.266 e. The van der Waals surface area contributed by atoms with Crippen LogP contribution in [0.4, 0.5) is 22.7 Å². The molecule has 0 radical (unpaired) electrons. The summed E-state index contributed by atoms with van der Waals surface area (Å²) in [5.74, 6) is -0.0456. The predicted molar refractivity (Wildman–Crippen MR) is 109 cm³/mol. The summed E-state index contributed by atoms with van der Waals surface area (Å²) in [5.41, 5.74) is 3.17. The van der Waals surface area contributed by atoms with Crippen molar-refractivity contribution in [1.82, 2.24) is 0 Å². The number of anilines is 4. The van der Waals surface area contributed by atoms with Crippen LogP contribution >= 0.6 is 0 Å². The van der Waals surface area contributed by atoms with Gasteiger partial charge < -0.3 is 20.7 Å². The molecule has 1 aliphatic rings. The molecule has 0 saturated carbocycles. The first-order valence-electron chi connectivity index (χ1n) is 8.96. The smallest absolute Gasteiger partial charge is 0.266 e. The number of hydrogen-bond acceptors (Lipinski definition) is 4. The third-order valence-corrected chi connectivity index (χ3v) is 4.31. The Labute approximate surface area is 162 Å². The lowest BCUT2D eigenvalue weighted by molar-refractivity contribution is -0.128. The molecule has 0 aliphatic carbocycles. The molecule has 1 atom stereocenters. The Hall–Kier alpha value is -3.80. The van der Waals surface area contributed by atoms with Crippen molar-refractivity contribution in [1.29, 1.82) is 0 Å². The molecule has 6 nitrogen and oxygen atoms in total. The highest BCUT2D eigenvalue weighted by Crippen LogP contribution is 2.29. The Morgan fingerprint density at radius 3 is 2.29 bits per heavy atom. The molecule has 0 aromatic heterocycles. The van der Waals surface area contributed by atoms with Gasteiger partial charge in [-0.3, -0.25) is 9.59 Å². The van der Waals surface area contributed by atoms with Gasteiger partial charge in [0.2, 0.25) is 5.91 Å². The Morgan fingerprint density at radius 1 is 0.857 bits per heavy atom. The van der Waals surface area contributed by atoms with E-state index in [4.69, 9.17) is 4.74 Å². The van der Waals surface area contributed by atoms with Crippen molar-refractivity contribution in [2.45, 2.75) is 12.5 Å². The van der Waals surface area contributed by atoms with Gasteiger partial charge in [-0.15, -0.1) is 0 Å². The summed E-state index contributed by atoms with van der Waals surface area (Å²) in [4.78, 5) is 24.5. The summed E-state index contributed by atoms with van der Waals surface area (Å²) >= 11 is 0. The highest BCUT2D eigenvalue weighted by Gasteiger charge is 2.29. The number of benzene rings is 3. The lowest BCUT2D eigenvalue weighted by Gasteiger charge is -2.25. The first-order valence-corrected chi connectivity index (χ1v) is 8.96. The van der Waals surface area contributed by atoms with E-state index in [0.29, 0.717) is 17.1 Å². The van der Waals surface area contributed by atoms with Crippen molar-refractivity contribution >= 4 is 34.6 Å². The number of amides is 2. The number of ether oxygens (including phenoxy) is 1. The zero-order valence-corrected chi connectivity index (χ0v) is 15.0. The molecule has 28 heavy (non-hydrogen) atoms. The molecule has 0 saturated heterocycles. The van der Waals surface area contributed by atoms with Gasteiger partial charge in [0.1, 0.15) is 5.75 Å². The van der Waals surface area contributed by atoms with E-state index in [1.54, 1.807) is 24.3 Å². The standard InChI is InChI=1S/C22H19N3O3/c26-21(14-20-22(27)25-18-8-4-5-9-19(18)28-20)24-17-12-10-16(11-13-17)23-15-6-2-1-3-7-15/h1-13,20,23H,14H2,(H,24,26)(H,25,27)/t20-/m1/s1. The fourth-order valence-electron chi connectivity index (χ4n) is 2.93. The Morgan fingerprint density at radius 2 is 1.50 bits per heavy atom. The topological polar surface area (TPSA) is 79.5 Å². The molecule has 1 heterocycles. The molecule has 0 spiro atoms. The van der Waals surface area contributed by atoms with E-state index in [2.05, 4.69) is 16.0 Å². The minimum Gasteiger partial charge on any atom is -0.478 e. The van der Waals surface area contributed by atoms with Gasteiger partial charge in [-0.25, -0.2) is 0 Å². The average Bonchev–Trinajstić information content (AvgIpc) is 2.71.